The Hall–Kier alpha value is -1.77. The van der Waals surface area contributed by atoms with Gasteiger partial charge in [-0.1, -0.05) is 33.3 Å². The van der Waals surface area contributed by atoms with Crippen LogP contribution in [0.2, 0.25) is 0 Å². The second-order valence-electron chi connectivity index (χ2n) is 8.13. The van der Waals surface area contributed by atoms with Crippen LogP contribution in [0.15, 0.2) is 18.2 Å². The third-order valence-corrected chi connectivity index (χ3v) is 5.22. The van der Waals surface area contributed by atoms with Gasteiger partial charge in [0, 0.05) is 22.3 Å². The summed E-state index contributed by atoms with van der Waals surface area (Å²) in [5, 5.41) is 10.6. The Labute approximate surface area is 139 Å². The average Bonchev–Trinajstić information content (AvgIpc) is 2.78. The summed E-state index contributed by atoms with van der Waals surface area (Å²) in [4.78, 5) is 0. The molecule has 23 heavy (non-hydrogen) atoms. The predicted octanol–water partition coefficient (Wildman–Crippen LogP) is 5.12. The molecule has 1 aromatic rings. The quantitative estimate of drug-likeness (QED) is 0.618. The maximum Gasteiger partial charge on any atom is 0.264 e. The summed E-state index contributed by atoms with van der Waals surface area (Å²) in [5.41, 5.74) is 4.27. The summed E-state index contributed by atoms with van der Waals surface area (Å²) in [6, 6.07) is 4.13. The van der Waals surface area contributed by atoms with Crippen LogP contribution in [0, 0.1) is 5.41 Å². The summed E-state index contributed by atoms with van der Waals surface area (Å²) in [6.45, 7) is 10.9. The Bertz CT molecular complexity index is 696. The van der Waals surface area contributed by atoms with Crippen LogP contribution in [-0.4, -0.2) is 21.3 Å². The van der Waals surface area contributed by atoms with Gasteiger partial charge in [-0.2, -0.15) is 0 Å². The molecule has 0 unspecified atom stereocenters. The predicted molar refractivity (Wildman–Crippen MR) is 93.9 cm³/mol. The normalized spacial score (nSPS) is 18.7. The first-order valence-electron chi connectivity index (χ1n) is 8.60. The molecule has 0 aliphatic carbocycles. The summed E-state index contributed by atoms with van der Waals surface area (Å²) < 4.78 is 7.41. The van der Waals surface area contributed by atoms with Gasteiger partial charge in [-0.15, -0.1) is 0 Å². The van der Waals surface area contributed by atoms with Crippen LogP contribution >= 0.6 is 0 Å². The zero-order valence-electron chi connectivity index (χ0n) is 14.9. The van der Waals surface area contributed by atoms with E-state index in [-0.39, 0.29) is 5.60 Å². The molecule has 0 atom stereocenters. The van der Waals surface area contributed by atoms with Crippen molar-refractivity contribution in [3.8, 4) is 5.75 Å². The van der Waals surface area contributed by atoms with Crippen molar-refractivity contribution in [2.75, 3.05) is 0 Å². The molecule has 124 valence electrons. The highest BCUT2D eigenvalue weighted by Gasteiger charge is 2.34. The number of benzene rings is 1. The van der Waals surface area contributed by atoms with Crippen LogP contribution in [0.25, 0.3) is 6.08 Å². The zero-order valence-corrected chi connectivity index (χ0v) is 14.9. The number of hydrogen-bond acceptors (Lipinski definition) is 2. The monoisotopic (exact) mass is 314 g/mol. The number of rotatable bonds is 4. The zero-order chi connectivity index (χ0) is 16.8. The van der Waals surface area contributed by atoms with E-state index in [1.807, 2.05) is 19.9 Å². The van der Waals surface area contributed by atoms with Crippen LogP contribution in [0.3, 0.4) is 0 Å². The Kier molecular flexibility index (Phi) is 3.78. The van der Waals surface area contributed by atoms with Gasteiger partial charge in [0.25, 0.3) is 5.69 Å². The Morgan fingerprint density at radius 3 is 2.74 bits per heavy atom. The molecule has 2 heterocycles. The lowest BCUT2D eigenvalue weighted by Gasteiger charge is -2.27. The van der Waals surface area contributed by atoms with Gasteiger partial charge in [0.15, 0.2) is 0 Å². The van der Waals surface area contributed by atoms with Crippen molar-refractivity contribution in [3.63, 3.8) is 0 Å². The van der Waals surface area contributed by atoms with Crippen LogP contribution < -0.4 is 4.74 Å². The number of hydrogen-bond donors (Lipinski definition) is 1. The molecule has 0 saturated carbocycles. The molecule has 3 heteroatoms. The molecule has 3 rings (SSSR count). The van der Waals surface area contributed by atoms with E-state index in [1.165, 1.54) is 10.3 Å². The minimum Gasteiger partial charge on any atom is -0.483 e. The lowest BCUT2D eigenvalue weighted by atomic mass is 9.84. The van der Waals surface area contributed by atoms with Crippen LogP contribution in [0.4, 0.5) is 5.69 Å². The fraction of sp³-hybridized carbons (Fsp3) is 0.550. The van der Waals surface area contributed by atoms with Crippen molar-refractivity contribution in [1.82, 2.24) is 0 Å². The summed E-state index contributed by atoms with van der Waals surface area (Å²) in [7, 11) is 0. The highest BCUT2D eigenvalue weighted by molar-refractivity contribution is 5.87. The van der Waals surface area contributed by atoms with E-state index in [9.17, 15) is 5.21 Å². The summed E-state index contributed by atoms with van der Waals surface area (Å²) >= 11 is 0. The van der Waals surface area contributed by atoms with Crippen LogP contribution in [0.1, 0.15) is 65.0 Å². The van der Waals surface area contributed by atoms with Crippen LogP contribution in [0.5, 0.6) is 5.75 Å². The maximum atomic E-state index is 10.6. The molecule has 0 saturated heterocycles. The van der Waals surface area contributed by atoms with Crippen molar-refractivity contribution < 1.29 is 14.7 Å². The van der Waals surface area contributed by atoms with Crippen molar-refractivity contribution in [1.29, 1.82) is 0 Å². The minimum absolute atomic E-state index is 0.294. The van der Waals surface area contributed by atoms with Gasteiger partial charge in [0.2, 0.25) is 5.71 Å². The lowest BCUT2D eigenvalue weighted by Crippen LogP contribution is -2.27. The van der Waals surface area contributed by atoms with Gasteiger partial charge >= 0.3 is 0 Å². The first kappa shape index (κ1) is 16.1. The molecule has 1 N–H and O–H groups in total. The standard InChI is InChI=1S/C20H28NO2/c1-6-19(2,3)9-8-16-12-15-11-14-7-10-20(4,5)23-18(14)13-17(15)21(16)22/h7,10-11,13,22H,6,8-9,12H2,1-5H3/q+1. The van der Waals surface area contributed by atoms with E-state index in [2.05, 4.69) is 39.0 Å². The molecule has 2 aliphatic rings. The minimum atomic E-state index is -0.294. The Balaban J connectivity index is 1.85. The number of nitrogens with zero attached hydrogens (tertiary/aromatic N) is 1. The van der Waals surface area contributed by atoms with Gasteiger partial charge in [0.05, 0.1) is 12.5 Å². The summed E-state index contributed by atoms with van der Waals surface area (Å²) in [5.74, 6) is 0.852. The van der Waals surface area contributed by atoms with Crippen molar-refractivity contribution in [2.24, 2.45) is 5.41 Å². The lowest BCUT2D eigenvalue weighted by molar-refractivity contribution is -0.711. The van der Waals surface area contributed by atoms with Crippen molar-refractivity contribution in [3.05, 3.63) is 29.3 Å². The number of ether oxygens (including phenoxy) is 1. The second-order valence-corrected chi connectivity index (χ2v) is 8.13. The first-order valence-corrected chi connectivity index (χ1v) is 8.60. The molecule has 0 spiro atoms. The molecule has 0 bridgehead atoms. The molecular weight excluding hydrogens is 286 g/mol. The molecule has 0 radical (unpaired) electrons. The van der Waals surface area contributed by atoms with Gasteiger partial charge in [-0.25, -0.2) is 0 Å². The number of fused-ring (bicyclic) bond motifs is 2. The van der Waals surface area contributed by atoms with E-state index in [0.29, 0.717) is 5.41 Å². The third kappa shape index (κ3) is 3.15. The van der Waals surface area contributed by atoms with E-state index in [4.69, 9.17) is 4.74 Å². The molecular formula is C20H28NO2+. The highest BCUT2D eigenvalue weighted by atomic mass is 16.5. The average molecular weight is 314 g/mol. The largest absolute Gasteiger partial charge is 0.483 e. The van der Waals surface area contributed by atoms with Crippen LogP contribution in [-0.2, 0) is 6.42 Å². The topological polar surface area (TPSA) is 32.5 Å². The Morgan fingerprint density at radius 2 is 2.04 bits per heavy atom. The smallest absolute Gasteiger partial charge is 0.264 e. The van der Waals surface area contributed by atoms with Gasteiger partial charge in [-0.05, 0) is 37.8 Å². The van der Waals surface area contributed by atoms with E-state index >= 15 is 0 Å². The van der Waals surface area contributed by atoms with Gasteiger partial charge in [-0.3, -0.25) is 5.21 Å². The first-order chi connectivity index (χ1) is 10.7. The second kappa shape index (κ2) is 5.40. The van der Waals surface area contributed by atoms with E-state index in [0.717, 1.165) is 48.4 Å². The molecule has 2 aliphatic heterocycles. The SMILES string of the molecule is CCC(C)(C)CCC1=[N+](O)c2cc3c(cc2C1)C=CC(C)(C)O3. The van der Waals surface area contributed by atoms with Crippen molar-refractivity contribution >= 4 is 17.5 Å². The summed E-state index contributed by atoms with van der Waals surface area (Å²) in [6.07, 6.45) is 8.21. The van der Waals surface area contributed by atoms with E-state index < -0.39 is 0 Å². The fourth-order valence-corrected chi connectivity index (χ4v) is 3.12. The Morgan fingerprint density at radius 1 is 1.30 bits per heavy atom. The van der Waals surface area contributed by atoms with Gasteiger partial charge in [0.1, 0.15) is 11.4 Å². The molecule has 0 amide bonds. The maximum absolute atomic E-state index is 10.6. The third-order valence-electron chi connectivity index (χ3n) is 5.22. The molecule has 0 fully saturated rings. The molecule has 3 nitrogen and oxygen atoms in total. The van der Waals surface area contributed by atoms with E-state index in [1.54, 1.807) is 0 Å². The molecule has 0 aromatic heterocycles. The fourth-order valence-electron chi connectivity index (χ4n) is 3.12. The molecule has 1 aromatic carbocycles. The van der Waals surface area contributed by atoms with Gasteiger partial charge < -0.3 is 4.74 Å². The van der Waals surface area contributed by atoms with Crippen molar-refractivity contribution in [2.45, 2.75) is 65.9 Å². The highest BCUT2D eigenvalue weighted by Crippen LogP contribution is 2.39.